The van der Waals surface area contributed by atoms with Crippen LogP contribution in [0.2, 0.25) is 5.02 Å². The van der Waals surface area contributed by atoms with Gasteiger partial charge >= 0.3 is 0 Å². The molecule has 0 saturated carbocycles. The smallest absolute Gasteiger partial charge is 0.174 e. The molecule has 1 aromatic carbocycles. The van der Waals surface area contributed by atoms with Crippen LogP contribution in [0.4, 0.5) is 5.82 Å². The van der Waals surface area contributed by atoms with Crippen LogP contribution < -0.4 is 5.32 Å². The first-order valence-corrected chi connectivity index (χ1v) is 10.0. The van der Waals surface area contributed by atoms with Crippen molar-refractivity contribution >= 4 is 50.7 Å². The molecule has 0 aliphatic carbocycles. The highest BCUT2D eigenvalue weighted by molar-refractivity contribution is 9.10. The molecule has 6 nitrogen and oxygen atoms in total. The SMILES string of the molecule is CCn1cc(Br)c(CN(C)C(=S)Nc2ccn(Cc3ccccc3Cl)n2)n1. The van der Waals surface area contributed by atoms with Gasteiger partial charge in [-0.3, -0.25) is 9.36 Å². The molecular weight excluding hydrogens is 448 g/mol. The molecule has 3 rings (SSSR count). The average molecular weight is 468 g/mol. The van der Waals surface area contributed by atoms with Crippen molar-refractivity contribution in [2.45, 2.75) is 26.6 Å². The number of halogens is 2. The van der Waals surface area contributed by atoms with Crippen LogP contribution in [-0.2, 0) is 19.6 Å². The van der Waals surface area contributed by atoms with E-state index in [0.29, 0.717) is 24.0 Å². The van der Waals surface area contributed by atoms with Gasteiger partial charge in [-0.1, -0.05) is 29.8 Å². The second-order valence-corrected chi connectivity index (χ2v) is 7.70. The molecule has 0 unspecified atom stereocenters. The summed E-state index contributed by atoms with van der Waals surface area (Å²) in [4.78, 5) is 1.93. The first-order valence-electron chi connectivity index (χ1n) is 8.47. The minimum atomic E-state index is 0.580. The van der Waals surface area contributed by atoms with E-state index in [1.807, 2.05) is 64.0 Å². The summed E-state index contributed by atoms with van der Waals surface area (Å²) in [6, 6.07) is 9.63. The fourth-order valence-electron chi connectivity index (χ4n) is 2.53. The fraction of sp³-hybridized carbons (Fsp3) is 0.278. The summed E-state index contributed by atoms with van der Waals surface area (Å²) in [5.74, 6) is 0.692. The number of aromatic nitrogens is 4. The van der Waals surface area contributed by atoms with Gasteiger partial charge < -0.3 is 10.2 Å². The standard InChI is InChI=1S/C18H20BrClN6S/c1-3-25-11-14(19)16(22-25)12-24(2)18(27)21-17-8-9-26(23-17)10-13-6-4-5-7-15(13)20/h4-9,11H,3,10,12H2,1-2H3,(H,21,23,27). The minimum Gasteiger partial charge on any atom is -0.346 e. The van der Waals surface area contributed by atoms with Crippen LogP contribution in [0.5, 0.6) is 0 Å². The maximum Gasteiger partial charge on any atom is 0.174 e. The van der Waals surface area contributed by atoms with E-state index in [9.17, 15) is 0 Å². The first kappa shape index (κ1) is 19.9. The number of rotatable bonds is 6. The van der Waals surface area contributed by atoms with Gasteiger partial charge in [-0.05, 0) is 46.7 Å². The quantitative estimate of drug-likeness (QED) is 0.545. The Morgan fingerprint density at radius 1 is 1.26 bits per heavy atom. The molecule has 0 amide bonds. The summed E-state index contributed by atoms with van der Waals surface area (Å²) in [7, 11) is 1.92. The van der Waals surface area contributed by atoms with Crippen LogP contribution in [0.3, 0.4) is 0 Å². The molecule has 2 aromatic heterocycles. The third-order valence-electron chi connectivity index (χ3n) is 4.01. The van der Waals surface area contributed by atoms with Crippen molar-refractivity contribution in [1.29, 1.82) is 0 Å². The van der Waals surface area contributed by atoms with E-state index < -0.39 is 0 Å². The molecule has 142 valence electrons. The zero-order valence-corrected chi connectivity index (χ0v) is 18.2. The van der Waals surface area contributed by atoms with Crippen LogP contribution in [-0.4, -0.2) is 36.6 Å². The molecule has 0 saturated heterocycles. The summed E-state index contributed by atoms with van der Waals surface area (Å²) < 4.78 is 4.69. The molecule has 0 aliphatic rings. The zero-order chi connectivity index (χ0) is 19.4. The van der Waals surface area contributed by atoms with E-state index in [0.717, 1.165) is 27.3 Å². The summed E-state index contributed by atoms with van der Waals surface area (Å²) in [6.07, 6.45) is 3.86. The van der Waals surface area contributed by atoms with Crippen LogP contribution in [0, 0.1) is 0 Å². The van der Waals surface area contributed by atoms with Gasteiger partial charge in [-0.25, -0.2) is 0 Å². The van der Waals surface area contributed by atoms with Crippen molar-refractivity contribution in [3.8, 4) is 0 Å². The van der Waals surface area contributed by atoms with Crippen LogP contribution in [0.1, 0.15) is 18.2 Å². The Balaban J connectivity index is 1.60. The third kappa shape index (κ3) is 5.09. The molecule has 0 fully saturated rings. The number of hydrogen-bond acceptors (Lipinski definition) is 3. The molecule has 0 bridgehead atoms. The van der Waals surface area contributed by atoms with Gasteiger partial charge in [0.2, 0.25) is 0 Å². The highest BCUT2D eigenvalue weighted by Crippen LogP contribution is 2.18. The molecule has 2 heterocycles. The summed E-state index contributed by atoms with van der Waals surface area (Å²) in [5.41, 5.74) is 1.96. The molecule has 9 heteroatoms. The number of hydrogen-bond donors (Lipinski definition) is 1. The normalized spacial score (nSPS) is 10.8. The maximum absolute atomic E-state index is 6.21. The predicted molar refractivity (Wildman–Crippen MR) is 116 cm³/mol. The van der Waals surface area contributed by atoms with Gasteiger partial charge in [0.1, 0.15) is 0 Å². The molecular formula is C18H20BrClN6S. The predicted octanol–water partition coefficient (Wildman–Crippen LogP) is 4.39. The van der Waals surface area contributed by atoms with Crippen molar-refractivity contribution in [3.63, 3.8) is 0 Å². The lowest BCUT2D eigenvalue weighted by Gasteiger charge is -2.19. The molecule has 1 N–H and O–H groups in total. The third-order valence-corrected chi connectivity index (χ3v) is 5.46. The second-order valence-electron chi connectivity index (χ2n) is 6.06. The van der Waals surface area contributed by atoms with E-state index in [2.05, 4.69) is 38.4 Å². The Morgan fingerprint density at radius 3 is 2.74 bits per heavy atom. The van der Waals surface area contributed by atoms with Gasteiger partial charge in [-0.15, -0.1) is 0 Å². The number of thiocarbonyl (C=S) groups is 1. The lowest BCUT2D eigenvalue weighted by Crippen LogP contribution is -2.31. The van der Waals surface area contributed by atoms with Gasteiger partial charge in [-0.2, -0.15) is 10.2 Å². The lowest BCUT2D eigenvalue weighted by molar-refractivity contribution is 0.491. The number of anilines is 1. The topological polar surface area (TPSA) is 50.9 Å². The Hall–Kier alpha value is -1.90. The maximum atomic E-state index is 6.21. The minimum absolute atomic E-state index is 0.580. The second kappa shape index (κ2) is 8.86. The van der Waals surface area contributed by atoms with Gasteiger partial charge in [0, 0.05) is 37.1 Å². The van der Waals surface area contributed by atoms with E-state index >= 15 is 0 Å². The monoisotopic (exact) mass is 466 g/mol. The Labute approximate surface area is 177 Å². The van der Waals surface area contributed by atoms with Gasteiger partial charge in [0.05, 0.1) is 23.3 Å². The Kier molecular flexibility index (Phi) is 6.51. The summed E-state index contributed by atoms with van der Waals surface area (Å²) in [6.45, 7) is 4.08. The molecule has 0 radical (unpaired) electrons. The molecule has 0 aliphatic heterocycles. The van der Waals surface area contributed by atoms with Crippen molar-refractivity contribution in [2.24, 2.45) is 0 Å². The van der Waals surface area contributed by atoms with Crippen LogP contribution in [0.25, 0.3) is 0 Å². The number of nitrogens with one attached hydrogen (secondary N) is 1. The fourth-order valence-corrected chi connectivity index (χ4v) is 3.33. The largest absolute Gasteiger partial charge is 0.346 e. The molecule has 27 heavy (non-hydrogen) atoms. The van der Waals surface area contributed by atoms with E-state index in [1.165, 1.54) is 0 Å². The van der Waals surface area contributed by atoms with Crippen molar-refractivity contribution in [2.75, 3.05) is 12.4 Å². The van der Waals surface area contributed by atoms with Gasteiger partial charge in [0.15, 0.2) is 10.9 Å². The lowest BCUT2D eigenvalue weighted by atomic mass is 10.2. The van der Waals surface area contributed by atoms with E-state index in [4.69, 9.17) is 23.8 Å². The Bertz CT molecular complexity index is 938. The van der Waals surface area contributed by atoms with E-state index in [-0.39, 0.29) is 0 Å². The number of benzene rings is 1. The van der Waals surface area contributed by atoms with Crippen molar-refractivity contribution < 1.29 is 0 Å². The molecule has 3 aromatic rings. The summed E-state index contributed by atoms with van der Waals surface area (Å²) in [5, 5.41) is 13.5. The van der Waals surface area contributed by atoms with Crippen LogP contribution >= 0.6 is 39.7 Å². The highest BCUT2D eigenvalue weighted by Gasteiger charge is 2.12. The molecule has 0 atom stereocenters. The first-order chi connectivity index (χ1) is 13.0. The van der Waals surface area contributed by atoms with Crippen molar-refractivity contribution in [1.82, 2.24) is 24.5 Å². The average Bonchev–Trinajstić information content (AvgIpc) is 3.23. The molecule has 0 spiro atoms. The highest BCUT2D eigenvalue weighted by atomic mass is 79.9. The number of aryl methyl sites for hydroxylation is 1. The van der Waals surface area contributed by atoms with Crippen LogP contribution in [0.15, 0.2) is 47.2 Å². The summed E-state index contributed by atoms with van der Waals surface area (Å²) >= 11 is 15.2. The van der Waals surface area contributed by atoms with Crippen molar-refractivity contribution in [3.05, 3.63) is 63.5 Å². The number of nitrogens with zero attached hydrogens (tertiary/aromatic N) is 5. The Morgan fingerprint density at radius 2 is 2.04 bits per heavy atom. The van der Waals surface area contributed by atoms with E-state index in [1.54, 1.807) is 0 Å². The van der Waals surface area contributed by atoms with Gasteiger partial charge in [0.25, 0.3) is 0 Å². The zero-order valence-electron chi connectivity index (χ0n) is 15.1.